The lowest BCUT2D eigenvalue weighted by atomic mass is 10.1. The average Bonchev–Trinajstić information content (AvgIpc) is 3.10. The molecule has 0 amide bonds. The monoisotopic (exact) mass is 235 g/mol. The second-order valence-electron chi connectivity index (χ2n) is 4.32. The Labute approximate surface area is 103 Å². The number of hydrogen-bond acceptors (Lipinski definition) is 1. The highest BCUT2D eigenvalue weighted by Gasteiger charge is 2.19. The summed E-state index contributed by atoms with van der Waals surface area (Å²) in [5.74, 6) is 0. The van der Waals surface area contributed by atoms with Crippen molar-refractivity contribution in [2.45, 2.75) is 31.7 Å². The molecule has 0 saturated heterocycles. The van der Waals surface area contributed by atoms with Gasteiger partial charge in [-0.25, -0.2) is 0 Å². The molecule has 0 radical (unpaired) electrons. The average molecular weight is 236 g/mol. The maximum absolute atomic E-state index is 5.82. The van der Waals surface area contributed by atoms with Crippen molar-refractivity contribution in [1.82, 2.24) is 5.32 Å². The van der Waals surface area contributed by atoms with Crippen molar-refractivity contribution in [2.75, 3.05) is 6.54 Å². The summed E-state index contributed by atoms with van der Waals surface area (Å²) in [7, 11) is 0. The zero-order valence-electron chi connectivity index (χ0n) is 9.45. The van der Waals surface area contributed by atoms with Crippen LogP contribution in [-0.2, 0) is 6.42 Å². The summed E-state index contributed by atoms with van der Waals surface area (Å²) < 4.78 is 0. The molecular weight excluding hydrogens is 218 g/mol. The molecule has 2 rings (SSSR count). The van der Waals surface area contributed by atoms with E-state index in [2.05, 4.69) is 29.6 Å². The molecule has 16 heavy (non-hydrogen) atoms. The molecule has 0 spiro atoms. The van der Waals surface area contributed by atoms with Crippen LogP contribution in [0, 0.1) is 0 Å². The summed E-state index contributed by atoms with van der Waals surface area (Å²) >= 11 is 5.82. The molecule has 0 aromatic heterocycles. The standard InChI is InChI=1S/C14H18ClN/c15-13-7-5-12(6-8-13)4-2-1-3-11-16-14-9-10-14/h1-2,5-8,14,16H,3-4,9-11H2. The summed E-state index contributed by atoms with van der Waals surface area (Å²) in [6.07, 6.45) is 9.36. The van der Waals surface area contributed by atoms with Gasteiger partial charge in [0, 0.05) is 11.1 Å². The van der Waals surface area contributed by atoms with E-state index in [-0.39, 0.29) is 0 Å². The third-order valence-corrected chi connectivity index (χ3v) is 3.01. The summed E-state index contributed by atoms with van der Waals surface area (Å²) in [5.41, 5.74) is 1.32. The molecule has 1 aromatic carbocycles. The second-order valence-corrected chi connectivity index (χ2v) is 4.76. The van der Waals surface area contributed by atoms with Gasteiger partial charge in [-0.3, -0.25) is 0 Å². The highest BCUT2D eigenvalue weighted by atomic mass is 35.5. The number of halogens is 1. The maximum Gasteiger partial charge on any atom is 0.0406 e. The minimum atomic E-state index is 0.807. The smallest absolute Gasteiger partial charge is 0.0406 e. The van der Waals surface area contributed by atoms with Gasteiger partial charge in [0.05, 0.1) is 0 Å². The molecule has 0 heterocycles. The van der Waals surface area contributed by atoms with Crippen molar-refractivity contribution in [2.24, 2.45) is 0 Å². The zero-order valence-corrected chi connectivity index (χ0v) is 10.2. The Morgan fingerprint density at radius 3 is 2.62 bits per heavy atom. The van der Waals surface area contributed by atoms with E-state index in [0.29, 0.717) is 0 Å². The molecule has 1 aromatic rings. The largest absolute Gasteiger partial charge is 0.314 e. The molecule has 1 N–H and O–H groups in total. The van der Waals surface area contributed by atoms with E-state index in [0.717, 1.165) is 30.5 Å². The highest BCUT2D eigenvalue weighted by molar-refractivity contribution is 6.30. The van der Waals surface area contributed by atoms with Crippen molar-refractivity contribution >= 4 is 11.6 Å². The van der Waals surface area contributed by atoms with Crippen LogP contribution in [-0.4, -0.2) is 12.6 Å². The van der Waals surface area contributed by atoms with Gasteiger partial charge in [-0.05, 0) is 49.9 Å². The van der Waals surface area contributed by atoms with E-state index >= 15 is 0 Å². The molecule has 1 nitrogen and oxygen atoms in total. The van der Waals surface area contributed by atoms with Crippen LogP contribution in [0.1, 0.15) is 24.8 Å². The Hall–Kier alpha value is -0.790. The third kappa shape index (κ3) is 4.38. The molecule has 0 atom stereocenters. The Bertz CT molecular complexity index is 338. The Balaban J connectivity index is 1.61. The predicted octanol–water partition coefficient (Wildman–Crippen LogP) is 3.58. The molecular formula is C14H18ClN. The number of rotatable bonds is 6. The summed E-state index contributed by atoms with van der Waals surface area (Å²) in [6.45, 7) is 1.11. The van der Waals surface area contributed by atoms with Gasteiger partial charge >= 0.3 is 0 Å². The summed E-state index contributed by atoms with van der Waals surface area (Å²) in [6, 6.07) is 8.87. The number of nitrogens with one attached hydrogen (secondary N) is 1. The van der Waals surface area contributed by atoms with Crippen molar-refractivity contribution in [3.8, 4) is 0 Å². The maximum atomic E-state index is 5.82. The molecule has 0 aliphatic heterocycles. The van der Waals surface area contributed by atoms with Gasteiger partial charge in [0.2, 0.25) is 0 Å². The van der Waals surface area contributed by atoms with Crippen LogP contribution in [0.4, 0.5) is 0 Å². The van der Waals surface area contributed by atoms with Crippen molar-refractivity contribution in [3.63, 3.8) is 0 Å². The third-order valence-electron chi connectivity index (χ3n) is 2.75. The van der Waals surface area contributed by atoms with E-state index in [4.69, 9.17) is 11.6 Å². The van der Waals surface area contributed by atoms with Gasteiger partial charge in [0.15, 0.2) is 0 Å². The van der Waals surface area contributed by atoms with Crippen LogP contribution >= 0.6 is 11.6 Å². The first-order chi connectivity index (χ1) is 7.84. The van der Waals surface area contributed by atoms with Crippen LogP contribution < -0.4 is 5.32 Å². The van der Waals surface area contributed by atoms with Crippen LogP contribution in [0.2, 0.25) is 5.02 Å². The normalized spacial score (nSPS) is 15.8. The van der Waals surface area contributed by atoms with E-state index in [1.54, 1.807) is 0 Å². The van der Waals surface area contributed by atoms with Gasteiger partial charge in [0.25, 0.3) is 0 Å². The van der Waals surface area contributed by atoms with Gasteiger partial charge in [0.1, 0.15) is 0 Å². The Kier molecular flexibility index (Phi) is 4.44. The topological polar surface area (TPSA) is 12.0 Å². The SMILES string of the molecule is Clc1ccc(CC=CCCNC2CC2)cc1. The number of benzene rings is 1. The molecule has 1 fully saturated rings. The van der Waals surface area contributed by atoms with E-state index in [9.17, 15) is 0 Å². The lowest BCUT2D eigenvalue weighted by molar-refractivity contribution is 0.690. The lowest BCUT2D eigenvalue weighted by Gasteiger charge is -1.98. The van der Waals surface area contributed by atoms with Gasteiger partial charge < -0.3 is 5.32 Å². The molecule has 1 aliphatic rings. The number of hydrogen-bond donors (Lipinski definition) is 1. The van der Waals surface area contributed by atoms with Crippen molar-refractivity contribution < 1.29 is 0 Å². The van der Waals surface area contributed by atoms with Gasteiger partial charge in [-0.2, -0.15) is 0 Å². The fourth-order valence-electron chi connectivity index (χ4n) is 1.62. The molecule has 86 valence electrons. The van der Waals surface area contributed by atoms with Crippen LogP contribution in [0.3, 0.4) is 0 Å². The fraction of sp³-hybridized carbons (Fsp3) is 0.429. The van der Waals surface area contributed by atoms with Crippen molar-refractivity contribution in [3.05, 3.63) is 47.0 Å². The molecule has 1 aliphatic carbocycles. The minimum absolute atomic E-state index is 0.807. The van der Waals surface area contributed by atoms with E-state index in [1.807, 2.05) is 12.1 Å². The van der Waals surface area contributed by atoms with Crippen LogP contribution in [0.15, 0.2) is 36.4 Å². The van der Waals surface area contributed by atoms with Crippen LogP contribution in [0.5, 0.6) is 0 Å². The van der Waals surface area contributed by atoms with E-state index < -0.39 is 0 Å². The first-order valence-electron chi connectivity index (χ1n) is 5.97. The fourth-order valence-corrected chi connectivity index (χ4v) is 1.74. The molecule has 0 bridgehead atoms. The van der Waals surface area contributed by atoms with Gasteiger partial charge in [-0.15, -0.1) is 0 Å². The molecule has 2 heteroatoms. The van der Waals surface area contributed by atoms with Gasteiger partial charge in [-0.1, -0.05) is 35.9 Å². The molecule has 1 saturated carbocycles. The minimum Gasteiger partial charge on any atom is -0.314 e. The quantitative estimate of drug-likeness (QED) is 0.587. The lowest BCUT2D eigenvalue weighted by Crippen LogP contribution is -2.16. The summed E-state index contributed by atoms with van der Waals surface area (Å²) in [5, 5.41) is 4.30. The Morgan fingerprint density at radius 2 is 1.94 bits per heavy atom. The van der Waals surface area contributed by atoms with E-state index in [1.165, 1.54) is 18.4 Å². The zero-order chi connectivity index (χ0) is 11.2. The number of allylic oxidation sites excluding steroid dienone is 1. The first-order valence-corrected chi connectivity index (χ1v) is 6.35. The molecule has 0 unspecified atom stereocenters. The highest BCUT2D eigenvalue weighted by Crippen LogP contribution is 2.18. The van der Waals surface area contributed by atoms with Crippen LogP contribution in [0.25, 0.3) is 0 Å². The predicted molar refractivity (Wildman–Crippen MR) is 69.9 cm³/mol. The first kappa shape index (κ1) is 11.7. The Morgan fingerprint density at radius 1 is 1.19 bits per heavy atom. The van der Waals surface area contributed by atoms with Crippen molar-refractivity contribution in [1.29, 1.82) is 0 Å². The summed E-state index contributed by atoms with van der Waals surface area (Å²) in [4.78, 5) is 0. The second kappa shape index (κ2) is 6.07.